The molecule has 11 nitrogen and oxygen atoms in total. The summed E-state index contributed by atoms with van der Waals surface area (Å²) in [6, 6.07) is -1.54. The SMILES string of the molecule is CCCCCCCC/C=C\CCCCCCCCCC(=O)OCC(O)COP(=O)(O)OCC(NC(=O)CCCCCCCCCCCC)C(=O)O. The fraction of sp³-hybridized carbons (Fsp3) is 0.872. The molecule has 0 aromatic heterocycles. The number of nitrogens with one attached hydrogen (secondary N) is 1. The third kappa shape index (κ3) is 35.0. The molecule has 0 saturated carbocycles. The monoisotopic (exact) mass is 748 g/mol. The highest BCUT2D eigenvalue weighted by Crippen LogP contribution is 2.43. The van der Waals surface area contributed by atoms with E-state index in [0.29, 0.717) is 12.8 Å². The Morgan fingerprint density at radius 1 is 0.608 bits per heavy atom. The number of esters is 1. The molecule has 0 heterocycles. The van der Waals surface area contributed by atoms with E-state index in [1.807, 2.05) is 0 Å². The van der Waals surface area contributed by atoms with Gasteiger partial charge in [0.15, 0.2) is 6.04 Å². The van der Waals surface area contributed by atoms with Gasteiger partial charge in [-0.2, -0.15) is 0 Å². The molecule has 3 unspecified atom stereocenters. The van der Waals surface area contributed by atoms with Crippen molar-refractivity contribution in [2.24, 2.45) is 0 Å². The smallest absolute Gasteiger partial charge is 0.472 e. The maximum absolute atomic E-state index is 12.2. The number of phosphoric ester groups is 1. The predicted molar refractivity (Wildman–Crippen MR) is 203 cm³/mol. The molecule has 0 fully saturated rings. The Bertz CT molecular complexity index is 932. The van der Waals surface area contributed by atoms with E-state index in [4.69, 9.17) is 13.8 Å². The van der Waals surface area contributed by atoms with Crippen LogP contribution in [0.4, 0.5) is 0 Å². The number of carbonyl (C=O) groups excluding carboxylic acids is 2. The number of aliphatic carboxylic acids is 1. The Balaban J connectivity index is 3.89. The van der Waals surface area contributed by atoms with E-state index in [1.165, 1.54) is 103 Å². The normalized spacial score (nSPS) is 14.0. The highest BCUT2D eigenvalue weighted by molar-refractivity contribution is 7.47. The molecule has 12 heteroatoms. The molecule has 3 atom stereocenters. The first-order valence-corrected chi connectivity index (χ1v) is 21.7. The van der Waals surface area contributed by atoms with Crippen molar-refractivity contribution in [1.29, 1.82) is 0 Å². The summed E-state index contributed by atoms with van der Waals surface area (Å²) in [6.45, 7) is 2.56. The molecule has 0 spiro atoms. The maximum Gasteiger partial charge on any atom is 0.472 e. The van der Waals surface area contributed by atoms with Gasteiger partial charge in [-0.1, -0.05) is 148 Å². The van der Waals surface area contributed by atoms with Crippen LogP contribution < -0.4 is 5.32 Å². The molecule has 0 aliphatic heterocycles. The fourth-order valence-electron chi connectivity index (χ4n) is 5.60. The summed E-state index contributed by atoms with van der Waals surface area (Å²) in [4.78, 5) is 45.7. The fourth-order valence-corrected chi connectivity index (χ4v) is 6.38. The first-order chi connectivity index (χ1) is 24.6. The summed E-state index contributed by atoms with van der Waals surface area (Å²) >= 11 is 0. The number of carboxylic acids is 1. The summed E-state index contributed by atoms with van der Waals surface area (Å²) in [7, 11) is -4.74. The lowest BCUT2D eigenvalue weighted by Crippen LogP contribution is -2.43. The summed E-state index contributed by atoms with van der Waals surface area (Å²) in [5.41, 5.74) is 0. The highest BCUT2D eigenvalue weighted by Gasteiger charge is 2.28. The van der Waals surface area contributed by atoms with E-state index >= 15 is 0 Å². The van der Waals surface area contributed by atoms with Gasteiger partial charge in [0.2, 0.25) is 5.91 Å². The third-order valence-corrected chi connectivity index (χ3v) is 9.76. The quantitative estimate of drug-likeness (QED) is 0.0206. The van der Waals surface area contributed by atoms with Gasteiger partial charge in [-0.05, 0) is 38.5 Å². The van der Waals surface area contributed by atoms with E-state index in [2.05, 4.69) is 31.3 Å². The van der Waals surface area contributed by atoms with Gasteiger partial charge in [-0.25, -0.2) is 9.36 Å². The Labute approximate surface area is 309 Å². The van der Waals surface area contributed by atoms with Crippen LogP contribution in [0.3, 0.4) is 0 Å². The number of phosphoric acid groups is 1. The molecule has 300 valence electrons. The van der Waals surface area contributed by atoms with Crippen molar-refractivity contribution in [3.05, 3.63) is 12.2 Å². The molecule has 0 aromatic rings. The van der Waals surface area contributed by atoms with Gasteiger partial charge in [-0.15, -0.1) is 0 Å². The molecule has 0 bridgehead atoms. The molecular formula is C39H74NO10P. The minimum atomic E-state index is -4.74. The lowest BCUT2D eigenvalue weighted by atomic mass is 10.1. The van der Waals surface area contributed by atoms with Crippen molar-refractivity contribution in [1.82, 2.24) is 5.32 Å². The largest absolute Gasteiger partial charge is 0.480 e. The van der Waals surface area contributed by atoms with Crippen LogP contribution in [0, 0.1) is 0 Å². The zero-order valence-corrected chi connectivity index (χ0v) is 33.1. The zero-order chi connectivity index (χ0) is 37.8. The molecule has 51 heavy (non-hydrogen) atoms. The van der Waals surface area contributed by atoms with E-state index in [1.54, 1.807) is 0 Å². The van der Waals surface area contributed by atoms with Gasteiger partial charge in [0, 0.05) is 12.8 Å². The number of aliphatic hydroxyl groups is 1. The summed E-state index contributed by atoms with van der Waals surface area (Å²) < 4.78 is 26.7. The van der Waals surface area contributed by atoms with Crippen LogP contribution in [0.5, 0.6) is 0 Å². The molecular weight excluding hydrogens is 673 g/mol. The van der Waals surface area contributed by atoms with Gasteiger partial charge >= 0.3 is 19.8 Å². The number of rotatable bonds is 38. The number of aliphatic hydroxyl groups excluding tert-OH is 1. The number of hydrogen-bond acceptors (Lipinski definition) is 8. The van der Waals surface area contributed by atoms with Crippen LogP contribution in [-0.2, 0) is 32.7 Å². The second-order valence-electron chi connectivity index (χ2n) is 13.8. The minimum absolute atomic E-state index is 0.149. The van der Waals surface area contributed by atoms with Crippen LogP contribution >= 0.6 is 7.82 Å². The molecule has 1 amide bonds. The minimum Gasteiger partial charge on any atom is -0.480 e. The third-order valence-electron chi connectivity index (χ3n) is 8.80. The Morgan fingerprint density at radius 3 is 1.49 bits per heavy atom. The van der Waals surface area contributed by atoms with Crippen molar-refractivity contribution in [2.75, 3.05) is 19.8 Å². The van der Waals surface area contributed by atoms with E-state index in [9.17, 15) is 34.1 Å². The van der Waals surface area contributed by atoms with Crippen LogP contribution in [0.2, 0.25) is 0 Å². The number of hydrogen-bond donors (Lipinski definition) is 4. The number of unbranched alkanes of at least 4 members (excludes halogenated alkanes) is 22. The molecule has 0 saturated heterocycles. The number of ether oxygens (including phenoxy) is 1. The summed E-state index contributed by atoms with van der Waals surface area (Å²) in [5, 5.41) is 21.7. The number of carbonyl (C=O) groups is 3. The average molecular weight is 748 g/mol. The van der Waals surface area contributed by atoms with Crippen molar-refractivity contribution in [3.63, 3.8) is 0 Å². The zero-order valence-electron chi connectivity index (χ0n) is 32.2. The topological polar surface area (TPSA) is 169 Å². The van der Waals surface area contributed by atoms with E-state index in [-0.39, 0.29) is 12.8 Å². The molecule has 0 aliphatic carbocycles. The van der Waals surface area contributed by atoms with Crippen LogP contribution in [0.15, 0.2) is 12.2 Å². The van der Waals surface area contributed by atoms with Gasteiger partial charge < -0.3 is 25.2 Å². The summed E-state index contributed by atoms with van der Waals surface area (Å²) in [5.74, 6) is -2.37. The Morgan fingerprint density at radius 2 is 1.02 bits per heavy atom. The number of allylic oxidation sites excluding steroid dienone is 2. The number of carboxylic acid groups (broad SMARTS) is 1. The summed E-state index contributed by atoms with van der Waals surface area (Å²) in [6.07, 6.45) is 32.5. The predicted octanol–water partition coefficient (Wildman–Crippen LogP) is 9.72. The van der Waals surface area contributed by atoms with Gasteiger partial charge in [-0.3, -0.25) is 18.6 Å². The first kappa shape index (κ1) is 49.2. The van der Waals surface area contributed by atoms with Crippen molar-refractivity contribution in [2.45, 2.75) is 199 Å². The van der Waals surface area contributed by atoms with E-state index in [0.717, 1.165) is 44.9 Å². The van der Waals surface area contributed by atoms with Crippen molar-refractivity contribution in [3.8, 4) is 0 Å². The van der Waals surface area contributed by atoms with Crippen LogP contribution in [-0.4, -0.2) is 64.9 Å². The van der Waals surface area contributed by atoms with Gasteiger partial charge in [0.1, 0.15) is 12.7 Å². The molecule has 0 radical (unpaired) electrons. The lowest BCUT2D eigenvalue weighted by molar-refractivity contribution is -0.147. The molecule has 4 N–H and O–H groups in total. The second kappa shape index (κ2) is 35.3. The van der Waals surface area contributed by atoms with Gasteiger partial charge in [0.25, 0.3) is 0 Å². The number of amides is 1. The Kier molecular flexibility index (Phi) is 34.0. The standard InChI is InChI=1S/C39H74NO10P/c1-3-5-7-9-11-13-15-16-17-18-19-20-21-23-25-27-29-31-38(43)48-32-35(41)33-49-51(46,47)50-34-36(39(44)45)40-37(42)30-28-26-24-22-14-12-10-8-6-4-2/h16-17,35-36,41H,3-15,18-34H2,1-2H3,(H,40,42)(H,44,45)(H,46,47)/b17-16-. The van der Waals surface area contributed by atoms with Crippen molar-refractivity contribution >= 4 is 25.7 Å². The molecule has 0 aromatic carbocycles. The van der Waals surface area contributed by atoms with Crippen LogP contribution in [0.1, 0.15) is 187 Å². The van der Waals surface area contributed by atoms with Gasteiger partial charge in [0.05, 0.1) is 13.2 Å². The highest BCUT2D eigenvalue weighted by atomic mass is 31.2. The van der Waals surface area contributed by atoms with Crippen molar-refractivity contribution < 1.29 is 47.8 Å². The lowest BCUT2D eigenvalue weighted by Gasteiger charge is -2.18. The van der Waals surface area contributed by atoms with Crippen LogP contribution in [0.25, 0.3) is 0 Å². The molecule has 0 aliphatic rings. The molecule has 0 rings (SSSR count). The average Bonchev–Trinajstić information content (AvgIpc) is 3.10. The van der Waals surface area contributed by atoms with E-state index < -0.39 is 57.6 Å². The first-order valence-electron chi connectivity index (χ1n) is 20.2. The Hall–Kier alpha value is -1.78. The maximum atomic E-state index is 12.2. The second-order valence-corrected chi connectivity index (χ2v) is 15.3.